The summed E-state index contributed by atoms with van der Waals surface area (Å²) in [6, 6.07) is 9.28. The summed E-state index contributed by atoms with van der Waals surface area (Å²) in [6.45, 7) is 4.39. The van der Waals surface area contributed by atoms with Crippen molar-refractivity contribution in [2.45, 2.75) is 26.3 Å². The van der Waals surface area contributed by atoms with Gasteiger partial charge in [0.25, 0.3) is 0 Å². The largest absolute Gasteiger partial charge is 0.301 e. The number of carbonyl (C=O) groups excluding carboxylic acids is 1. The molecule has 1 saturated heterocycles. The first-order valence-corrected chi connectivity index (χ1v) is 9.04. The van der Waals surface area contributed by atoms with Gasteiger partial charge in [0.2, 0.25) is 0 Å². The molecule has 0 bridgehead atoms. The number of benzene rings is 1. The number of hydrogen-bond acceptors (Lipinski definition) is 4. The SMILES string of the molecule is CN(CC(C)(C)C(=O)c1ccccc1)C1CCS(=O)(=O)C1. The van der Waals surface area contributed by atoms with Crippen LogP contribution in [0.1, 0.15) is 30.6 Å². The standard InChI is InChI=1S/C16H23NO3S/c1-16(2,15(18)13-7-5-4-6-8-13)12-17(3)14-9-10-21(19,20)11-14/h4-8,14H,9-12H2,1-3H3. The smallest absolute Gasteiger partial charge is 0.169 e. The summed E-state index contributed by atoms with van der Waals surface area (Å²) in [5.74, 6) is 0.560. The molecular formula is C16H23NO3S. The fourth-order valence-electron chi connectivity index (χ4n) is 2.93. The molecule has 21 heavy (non-hydrogen) atoms. The van der Waals surface area contributed by atoms with Crippen molar-refractivity contribution in [2.75, 3.05) is 25.1 Å². The molecule has 1 aromatic rings. The van der Waals surface area contributed by atoms with Gasteiger partial charge in [-0.2, -0.15) is 0 Å². The molecule has 1 aromatic carbocycles. The first-order chi connectivity index (χ1) is 9.71. The van der Waals surface area contributed by atoms with Gasteiger partial charge in [-0.05, 0) is 13.5 Å². The molecule has 0 radical (unpaired) electrons. The molecule has 4 nitrogen and oxygen atoms in total. The van der Waals surface area contributed by atoms with E-state index in [1.165, 1.54) is 0 Å². The van der Waals surface area contributed by atoms with Crippen LogP contribution in [-0.4, -0.2) is 50.2 Å². The molecular weight excluding hydrogens is 286 g/mol. The van der Waals surface area contributed by atoms with Gasteiger partial charge in [-0.3, -0.25) is 4.79 Å². The molecule has 0 amide bonds. The third kappa shape index (κ3) is 3.92. The Morgan fingerprint density at radius 3 is 2.43 bits per heavy atom. The molecule has 1 unspecified atom stereocenters. The predicted molar refractivity (Wildman–Crippen MR) is 84.2 cm³/mol. The molecule has 2 rings (SSSR count). The van der Waals surface area contributed by atoms with E-state index >= 15 is 0 Å². The third-order valence-corrected chi connectivity index (χ3v) is 5.88. The lowest BCUT2D eigenvalue weighted by Gasteiger charge is -2.32. The van der Waals surface area contributed by atoms with Crippen LogP contribution in [0.4, 0.5) is 0 Å². The predicted octanol–water partition coefficient (Wildman–Crippen LogP) is 2.01. The minimum absolute atomic E-state index is 0.0258. The Kier molecular flexibility index (Phi) is 4.54. The molecule has 1 aliphatic rings. The highest BCUT2D eigenvalue weighted by Crippen LogP contribution is 2.26. The lowest BCUT2D eigenvalue weighted by Crippen LogP contribution is -2.42. The minimum Gasteiger partial charge on any atom is -0.301 e. The Labute approximate surface area is 127 Å². The monoisotopic (exact) mass is 309 g/mol. The van der Waals surface area contributed by atoms with E-state index in [1.54, 1.807) is 0 Å². The normalized spacial score (nSPS) is 21.6. The van der Waals surface area contributed by atoms with Gasteiger partial charge in [-0.15, -0.1) is 0 Å². The van der Waals surface area contributed by atoms with Crippen LogP contribution in [0.2, 0.25) is 0 Å². The number of rotatable bonds is 5. The van der Waals surface area contributed by atoms with E-state index in [0.29, 0.717) is 18.5 Å². The lowest BCUT2D eigenvalue weighted by atomic mass is 9.83. The van der Waals surface area contributed by atoms with E-state index in [1.807, 2.05) is 56.1 Å². The van der Waals surface area contributed by atoms with E-state index in [2.05, 4.69) is 0 Å². The molecule has 1 heterocycles. The van der Waals surface area contributed by atoms with Gasteiger partial charge in [-0.25, -0.2) is 8.42 Å². The Bertz CT molecular complexity index is 608. The van der Waals surface area contributed by atoms with Crippen LogP contribution in [0.15, 0.2) is 30.3 Å². The second-order valence-electron chi connectivity index (χ2n) is 6.55. The number of nitrogens with zero attached hydrogens (tertiary/aromatic N) is 1. The summed E-state index contributed by atoms with van der Waals surface area (Å²) in [5, 5.41) is 0. The molecule has 1 fully saturated rings. The van der Waals surface area contributed by atoms with E-state index < -0.39 is 15.3 Å². The molecule has 1 aliphatic heterocycles. The molecule has 1 atom stereocenters. The summed E-state index contributed by atoms with van der Waals surface area (Å²) in [5.41, 5.74) is 0.164. The number of carbonyl (C=O) groups is 1. The lowest BCUT2D eigenvalue weighted by molar-refractivity contribution is 0.0759. The third-order valence-electron chi connectivity index (χ3n) is 4.13. The van der Waals surface area contributed by atoms with Gasteiger partial charge in [0.15, 0.2) is 15.6 Å². The topological polar surface area (TPSA) is 54.5 Å². The number of sulfone groups is 1. The fraction of sp³-hybridized carbons (Fsp3) is 0.562. The van der Waals surface area contributed by atoms with E-state index in [-0.39, 0.29) is 23.3 Å². The van der Waals surface area contributed by atoms with Crippen LogP contribution in [0.3, 0.4) is 0 Å². The average Bonchev–Trinajstić information content (AvgIpc) is 2.79. The highest BCUT2D eigenvalue weighted by molar-refractivity contribution is 7.91. The Morgan fingerprint density at radius 2 is 1.90 bits per heavy atom. The molecule has 0 N–H and O–H groups in total. The average molecular weight is 309 g/mol. The van der Waals surface area contributed by atoms with Crippen molar-refractivity contribution in [1.82, 2.24) is 4.90 Å². The Morgan fingerprint density at radius 1 is 1.29 bits per heavy atom. The quantitative estimate of drug-likeness (QED) is 0.781. The Balaban J connectivity index is 2.05. The van der Waals surface area contributed by atoms with Crippen LogP contribution < -0.4 is 0 Å². The van der Waals surface area contributed by atoms with Crippen LogP contribution >= 0.6 is 0 Å². The van der Waals surface area contributed by atoms with Gasteiger partial charge < -0.3 is 4.90 Å². The molecule has 5 heteroatoms. The van der Waals surface area contributed by atoms with Crippen LogP contribution in [-0.2, 0) is 9.84 Å². The van der Waals surface area contributed by atoms with Crippen molar-refractivity contribution < 1.29 is 13.2 Å². The van der Waals surface area contributed by atoms with E-state index in [9.17, 15) is 13.2 Å². The zero-order valence-corrected chi connectivity index (χ0v) is 13.7. The first-order valence-electron chi connectivity index (χ1n) is 7.22. The number of ketones is 1. The van der Waals surface area contributed by atoms with Crippen molar-refractivity contribution in [2.24, 2.45) is 5.41 Å². The molecule has 116 valence electrons. The Hall–Kier alpha value is -1.20. The molecule has 0 saturated carbocycles. The molecule has 0 aliphatic carbocycles. The maximum atomic E-state index is 12.6. The second-order valence-corrected chi connectivity index (χ2v) is 8.78. The van der Waals surface area contributed by atoms with Crippen molar-refractivity contribution >= 4 is 15.6 Å². The maximum absolute atomic E-state index is 12.6. The van der Waals surface area contributed by atoms with Gasteiger partial charge >= 0.3 is 0 Å². The first kappa shape index (κ1) is 16.2. The second kappa shape index (κ2) is 5.89. The summed E-state index contributed by atoms with van der Waals surface area (Å²) in [6.07, 6.45) is 0.661. The minimum atomic E-state index is -2.90. The van der Waals surface area contributed by atoms with Gasteiger partial charge in [-0.1, -0.05) is 44.2 Å². The van der Waals surface area contributed by atoms with Crippen LogP contribution in [0, 0.1) is 5.41 Å². The van der Waals surface area contributed by atoms with Crippen molar-refractivity contribution in [1.29, 1.82) is 0 Å². The van der Waals surface area contributed by atoms with Gasteiger partial charge in [0.1, 0.15) is 0 Å². The summed E-state index contributed by atoms with van der Waals surface area (Å²) in [7, 11) is -0.987. The number of hydrogen-bond donors (Lipinski definition) is 0. The maximum Gasteiger partial charge on any atom is 0.169 e. The summed E-state index contributed by atoms with van der Waals surface area (Å²) in [4.78, 5) is 14.6. The fourth-order valence-corrected chi connectivity index (χ4v) is 4.73. The highest BCUT2D eigenvalue weighted by atomic mass is 32.2. The summed E-state index contributed by atoms with van der Waals surface area (Å²) >= 11 is 0. The van der Waals surface area contributed by atoms with Gasteiger partial charge in [0, 0.05) is 23.6 Å². The van der Waals surface area contributed by atoms with Crippen LogP contribution in [0.25, 0.3) is 0 Å². The van der Waals surface area contributed by atoms with Gasteiger partial charge in [0.05, 0.1) is 11.5 Å². The van der Waals surface area contributed by atoms with E-state index in [0.717, 1.165) is 0 Å². The highest BCUT2D eigenvalue weighted by Gasteiger charge is 2.35. The van der Waals surface area contributed by atoms with Crippen LogP contribution in [0.5, 0.6) is 0 Å². The summed E-state index contributed by atoms with van der Waals surface area (Å²) < 4.78 is 23.1. The van der Waals surface area contributed by atoms with Crippen molar-refractivity contribution in [3.8, 4) is 0 Å². The zero-order valence-electron chi connectivity index (χ0n) is 12.9. The van der Waals surface area contributed by atoms with Crippen molar-refractivity contribution in [3.05, 3.63) is 35.9 Å². The molecule has 0 spiro atoms. The van der Waals surface area contributed by atoms with E-state index in [4.69, 9.17) is 0 Å². The number of Topliss-reactive ketones (excluding diaryl/α,β-unsaturated/α-hetero) is 1. The molecule has 0 aromatic heterocycles. The van der Waals surface area contributed by atoms with Crippen molar-refractivity contribution in [3.63, 3.8) is 0 Å². The zero-order chi connectivity index (χ0) is 15.7.